The summed E-state index contributed by atoms with van der Waals surface area (Å²) in [7, 11) is 3.90. The zero-order valence-electron chi connectivity index (χ0n) is 13.3. The molecule has 3 rings (SSSR count). The molecular weight excluding hydrogens is 312 g/mol. The van der Waals surface area contributed by atoms with Crippen molar-refractivity contribution < 1.29 is 4.79 Å². The van der Waals surface area contributed by atoms with Crippen LogP contribution < -0.4 is 10.9 Å². The molecule has 0 aliphatic heterocycles. The topological polar surface area (TPSA) is 66.7 Å². The number of rotatable bonds is 4. The summed E-state index contributed by atoms with van der Waals surface area (Å²) in [6.45, 7) is 3.24. The van der Waals surface area contributed by atoms with Gasteiger partial charge in [0.15, 0.2) is 0 Å². The second-order valence-electron chi connectivity index (χ2n) is 5.69. The second kappa shape index (κ2) is 6.10. The third-order valence-electron chi connectivity index (χ3n) is 3.60. The monoisotopic (exact) mass is 330 g/mol. The van der Waals surface area contributed by atoms with E-state index in [0.717, 1.165) is 12.1 Å². The average Bonchev–Trinajstić information content (AvgIpc) is 2.93. The molecule has 0 aromatic carbocycles. The van der Waals surface area contributed by atoms with Crippen LogP contribution >= 0.6 is 11.3 Å². The van der Waals surface area contributed by atoms with E-state index < -0.39 is 0 Å². The van der Waals surface area contributed by atoms with Crippen molar-refractivity contribution in [2.24, 2.45) is 0 Å². The Labute approximate surface area is 137 Å². The maximum Gasteiger partial charge on any atom is 0.266 e. The van der Waals surface area contributed by atoms with Crippen molar-refractivity contribution in [2.45, 2.75) is 6.92 Å². The van der Waals surface area contributed by atoms with Gasteiger partial charge in [0.25, 0.3) is 11.5 Å². The lowest BCUT2D eigenvalue weighted by Crippen LogP contribution is -2.30. The van der Waals surface area contributed by atoms with Gasteiger partial charge in [-0.1, -0.05) is 6.07 Å². The van der Waals surface area contributed by atoms with E-state index >= 15 is 0 Å². The number of pyridine rings is 1. The van der Waals surface area contributed by atoms with Crippen LogP contribution in [0.2, 0.25) is 0 Å². The molecule has 0 bridgehead atoms. The average molecular weight is 330 g/mol. The van der Waals surface area contributed by atoms with Crippen LogP contribution in [0.1, 0.15) is 15.2 Å². The highest BCUT2D eigenvalue weighted by molar-refractivity contribution is 7.20. The fourth-order valence-electron chi connectivity index (χ4n) is 2.35. The molecule has 0 aliphatic rings. The number of aryl methyl sites for hydroxylation is 1. The lowest BCUT2D eigenvalue weighted by Gasteiger charge is -2.09. The van der Waals surface area contributed by atoms with Crippen LogP contribution in [0.5, 0.6) is 0 Å². The van der Waals surface area contributed by atoms with Gasteiger partial charge < -0.3 is 10.2 Å². The smallest absolute Gasteiger partial charge is 0.266 e. The predicted octanol–water partition coefficient (Wildman–Crippen LogP) is 1.51. The summed E-state index contributed by atoms with van der Waals surface area (Å²) in [5.74, 6) is -0.167. The number of nitrogens with zero attached hydrogens (tertiary/aromatic N) is 3. The quantitative estimate of drug-likeness (QED) is 0.787. The van der Waals surface area contributed by atoms with Crippen molar-refractivity contribution >= 4 is 33.1 Å². The van der Waals surface area contributed by atoms with Gasteiger partial charge in [-0.15, -0.1) is 11.3 Å². The molecule has 0 saturated heterocycles. The van der Waals surface area contributed by atoms with Crippen LogP contribution in [-0.4, -0.2) is 47.4 Å². The lowest BCUT2D eigenvalue weighted by molar-refractivity contribution is 0.0955. The Bertz CT molecular complexity index is 942. The molecule has 1 amide bonds. The highest BCUT2D eigenvalue weighted by Gasteiger charge is 2.15. The molecule has 1 N–H and O–H groups in total. The first-order valence-electron chi connectivity index (χ1n) is 7.32. The highest BCUT2D eigenvalue weighted by Crippen LogP contribution is 2.22. The van der Waals surface area contributed by atoms with Crippen molar-refractivity contribution in [3.63, 3.8) is 0 Å². The minimum absolute atomic E-state index is 0.141. The van der Waals surface area contributed by atoms with Crippen molar-refractivity contribution in [3.8, 4) is 0 Å². The molecular formula is C16H18N4O2S. The van der Waals surface area contributed by atoms with Crippen molar-refractivity contribution in [2.75, 3.05) is 27.2 Å². The minimum Gasteiger partial charge on any atom is -0.350 e. The number of amides is 1. The van der Waals surface area contributed by atoms with Gasteiger partial charge in [-0.05, 0) is 38.7 Å². The Morgan fingerprint density at radius 2 is 2.22 bits per heavy atom. The van der Waals surface area contributed by atoms with E-state index in [9.17, 15) is 9.59 Å². The molecule has 6 nitrogen and oxygen atoms in total. The molecule has 0 fully saturated rings. The van der Waals surface area contributed by atoms with Gasteiger partial charge in [0.1, 0.15) is 10.5 Å². The largest absolute Gasteiger partial charge is 0.350 e. The van der Waals surface area contributed by atoms with Crippen LogP contribution in [0.3, 0.4) is 0 Å². The molecule has 3 heterocycles. The van der Waals surface area contributed by atoms with E-state index in [4.69, 9.17) is 0 Å². The van der Waals surface area contributed by atoms with Crippen LogP contribution in [0.15, 0.2) is 29.2 Å². The van der Waals surface area contributed by atoms with E-state index in [-0.39, 0.29) is 11.5 Å². The molecule has 0 atom stereocenters. The standard InChI is InChI=1S/C16H18N4O2S/c1-10-5-4-7-20-13(10)18-15-11(16(20)22)9-12(23-15)14(21)17-6-8-19(2)3/h4-5,7,9H,6,8H2,1-3H3,(H,17,21). The summed E-state index contributed by atoms with van der Waals surface area (Å²) in [6.07, 6.45) is 1.70. The van der Waals surface area contributed by atoms with Crippen LogP contribution in [0.4, 0.5) is 0 Å². The summed E-state index contributed by atoms with van der Waals surface area (Å²) < 4.78 is 1.53. The zero-order chi connectivity index (χ0) is 16.6. The number of carbonyl (C=O) groups excluding carboxylic acids is 1. The Balaban J connectivity index is 2.00. The SMILES string of the molecule is Cc1cccn2c(=O)c3cc(C(=O)NCCN(C)C)sc3nc12. The van der Waals surface area contributed by atoms with Gasteiger partial charge in [0.05, 0.1) is 10.3 Å². The lowest BCUT2D eigenvalue weighted by atomic mass is 10.3. The molecule has 120 valence electrons. The number of aromatic nitrogens is 2. The Kier molecular flexibility index (Phi) is 4.14. The Morgan fingerprint density at radius 1 is 1.43 bits per heavy atom. The van der Waals surface area contributed by atoms with Gasteiger partial charge in [0, 0.05) is 19.3 Å². The van der Waals surface area contributed by atoms with E-state index in [2.05, 4.69) is 10.3 Å². The summed E-state index contributed by atoms with van der Waals surface area (Å²) in [5, 5.41) is 3.34. The maximum absolute atomic E-state index is 12.6. The third kappa shape index (κ3) is 2.97. The molecule has 0 spiro atoms. The first-order valence-corrected chi connectivity index (χ1v) is 8.13. The van der Waals surface area contributed by atoms with E-state index in [0.29, 0.717) is 27.3 Å². The number of fused-ring (bicyclic) bond motifs is 2. The van der Waals surface area contributed by atoms with Gasteiger partial charge in [-0.25, -0.2) is 4.98 Å². The molecule has 0 aliphatic carbocycles. The number of carbonyl (C=O) groups is 1. The molecule has 7 heteroatoms. The third-order valence-corrected chi connectivity index (χ3v) is 4.63. The number of thiophene rings is 1. The number of likely N-dealkylation sites (N-methyl/N-ethyl adjacent to an activating group) is 1. The molecule has 23 heavy (non-hydrogen) atoms. The fraction of sp³-hybridized carbons (Fsp3) is 0.312. The molecule has 0 saturated carbocycles. The Hall–Kier alpha value is -2.25. The maximum atomic E-state index is 12.6. The molecule has 3 aromatic rings. The number of nitrogens with one attached hydrogen (secondary N) is 1. The fourth-order valence-corrected chi connectivity index (χ4v) is 3.29. The van der Waals surface area contributed by atoms with Gasteiger partial charge in [-0.2, -0.15) is 0 Å². The second-order valence-corrected chi connectivity index (χ2v) is 6.72. The van der Waals surface area contributed by atoms with Gasteiger partial charge in [-0.3, -0.25) is 14.0 Å². The molecule has 3 aromatic heterocycles. The first-order chi connectivity index (χ1) is 11.0. The van der Waals surface area contributed by atoms with Gasteiger partial charge >= 0.3 is 0 Å². The van der Waals surface area contributed by atoms with Crippen LogP contribution in [0, 0.1) is 6.92 Å². The minimum atomic E-state index is -0.167. The Morgan fingerprint density at radius 3 is 2.96 bits per heavy atom. The number of hydrogen-bond donors (Lipinski definition) is 1. The van der Waals surface area contributed by atoms with E-state index in [1.54, 1.807) is 12.3 Å². The summed E-state index contributed by atoms with van der Waals surface area (Å²) in [6, 6.07) is 5.36. The van der Waals surface area contributed by atoms with Crippen molar-refractivity contribution in [1.29, 1.82) is 0 Å². The van der Waals surface area contributed by atoms with Crippen LogP contribution in [-0.2, 0) is 0 Å². The summed E-state index contributed by atoms with van der Waals surface area (Å²) in [5.41, 5.74) is 1.42. The predicted molar refractivity (Wildman–Crippen MR) is 92.5 cm³/mol. The number of hydrogen-bond acceptors (Lipinski definition) is 5. The van der Waals surface area contributed by atoms with E-state index in [1.165, 1.54) is 15.7 Å². The van der Waals surface area contributed by atoms with E-state index in [1.807, 2.05) is 38.1 Å². The van der Waals surface area contributed by atoms with Gasteiger partial charge in [0.2, 0.25) is 0 Å². The van der Waals surface area contributed by atoms with Crippen LogP contribution in [0.25, 0.3) is 15.9 Å². The van der Waals surface area contributed by atoms with Crippen molar-refractivity contribution in [1.82, 2.24) is 19.6 Å². The van der Waals surface area contributed by atoms with Crippen molar-refractivity contribution in [3.05, 3.63) is 45.2 Å². The highest BCUT2D eigenvalue weighted by atomic mass is 32.1. The summed E-state index contributed by atoms with van der Waals surface area (Å²) in [4.78, 5) is 32.4. The normalized spacial score (nSPS) is 11.5. The zero-order valence-corrected chi connectivity index (χ0v) is 14.1. The molecule has 0 unspecified atom stereocenters. The first kappa shape index (κ1) is 15.6. The molecule has 0 radical (unpaired) electrons. The summed E-state index contributed by atoms with van der Waals surface area (Å²) >= 11 is 1.25.